The van der Waals surface area contributed by atoms with E-state index in [0.717, 1.165) is 24.2 Å². The molecule has 144 valence electrons. The van der Waals surface area contributed by atoms with E-state index < -0.39 is 11.7 Å². The molecule has 1 aromatic rings. The fourth-order valence-corrected chi connectivity index (χ4v) is 1.93. The van der Waals surface area contributed by atoms with Crippen LogP contribution in [-0.2, 0) is 12.7 Å². The van der Waals surface area contributed by atoms with E-state index in [2.05, 4.69) is 41.7 Å². The van der Waals surface area contributed by atoms with Crippen molar-refractivity contribution in [3.63, 3.8) is 0 Å². The largest absolute Gasteiger partial charge is 0.416 e. The van der Waals surface area contributed by atoms with Crippen molar-refractivity contribution < 1.29 is 13.2 Å². The molecular weight excluding hydrogens is 444 g/mol. The van der Waals surface area contributed by atoms with E-state index in [1.165, 1.54) is 12.1 Å². The maximum absolute atomic E-state index is 12.5. The topological polar surface area (TPSA) is 48.5 Å². The molecule has 0 fully saturated rings. The molecule has 0 radical (unpaired) electrons. The van der Waals surface area contributed by atoms with Gasteiger partial charge in [-0.3, -0.25) is 0 Å². The molecule has 0 unspecified atom stereocenters. The lowest BCUT2D eigenvalue weighted by molar-refractivity contribution is -0.137. The molecule has 0 spiro atoms. The average Bonchev–Trinajstić information content (AvgIpc) is 2.47. The highest BCUT2D eigenvalue weighted by Crippen LogP contribution is 2.29. The summed E-state index contributed by atoms with van der Waals surface area (Å²) in [6, 6.07) is 5.07. The summed E-state index contributed by atoms with van der Waals surface area (Å²) in [5.41, 5.74) is 0.138. The molecule has 0 aliphatic heterocycles. The van der Waals surface area contributed by atoms with Gasteiger partial charge in [-0.05, 0) is 45.4 Å². The highest BCUT2D eigenvalue weighted by atomic mass is 127. The summed E-state index contributed by atoms with van der Waals surface area (Å²) < 4.78 is 37.6. The van der Waals surface area contributed by atoms with Crippen molar-refractivity contribution in [2.75, 3.05) is 19.6 Å². The first-order valence-corrected chi connectivity index (χ1v) is 8.05. The number of rotatable bonds is 6. The number of nitrogens with zero attached hydrogens (tertiary/aromatic N) is 1. The molecule has 1 aromatic carbocycles. The van der Waals surface area contributed by atoms with Crippen molar-refractivity contribution in [2.45, 2.75) is 46.0 Å². The van der Waals surface area contributed by atoms with Gasteiger partial charge in [0.2, 0.25) is 0 Å². The lowest BCUT2D eigenvalue weighted by Gasteiger charge is -2.21. The molecule has 0 atom stereocenters. The molecule has 0 amide bonds. The van der Waals surface area contributed by atoms with Crippen molar-refractivity contribution in [2.24, 2.45) is 4.99 Å². The Hall–Kier alpha value is -1.03. The van der Waals surface area contributed by atoms with Gasteiger partial charge in [-0.25, -0.2) is 4.99 Å². The zero-order valence-corrected chi connectivity index (χ0v) is 17.5. The minimum absolute atomic E-state index is 0. The highest BCUT2D eigenvalue weighted by Gasteiger charge is 2.29. The zero-order chi connectivity index (χ0) is 18.2. The second-order valence-corrected chi connectivity index (χ2v) is 6.49. The van der Waals surface area contributed by atoms with Gasteiger partial charge >= 0.3 is 6.18 Å². The lowest BCUT2D eigenvalue weighted by atomic mass is 10.1. The molecule has 0 saturated carbocycles. The second kappa shape index (κ2) is 10.8. The van der Waals surface area contributed by atoms with Crippen LogP contribution in [0.4, 0.5) is 13.2 Å². The predicted molar refractivity (Wildman–Crippen MR) is 107 cm³/mol. The quantitative estimate of drug-likeness (QED) is 0.256. The van der Waals surface area contributed by atoms with Crippen molar-refractivity contribution in [3.05, 3.63) is 35.4 Å². The Morgan fingerprint density at radius 2 is 1.60 bits per heavy atom. The SMILES string of the molecule is CCNC(=NCc1ccc(C(F)(F)F)cc1)NCCNC(C)(C)C.I. The van der Waals surface area contributed by atoms with E-state index in [1.807, 2.05) is 6.92 Å². The van der Waals surface area contributed by atoms with Gasteiger partial charge in [0, 0.05) is 25.2 Å². The van der Waals surface area contributed by atoms with Crippen molar-refractivity contribution in [3.8, 4) is 0 Å². The first-order chi connectivity index (χ1) is 11.1. The first-order valence-electron chi connectivity index (χ1n) is 8.05. The summed E-state index contributed by atoms with van der Waals surface area (Å²) in [5, 5.41) is 9.67. The van der Waals surface area contributed by atoms with Gasteiger partial charge in [0.15, 0.2) is 5.96 Å². The fraction of sp³-hybridized carbons (Fsp3) is 0.588. The van der Waals surface area contributed by atoms with Crippen molar-refractivity contribution in [1.82, 2.24) is 16.0 Å². The van der Waals surface area contributed by atoms with Crippen LogP contribution in [0.1, 0.15) is 38.8 Å². The predicted octanol–water partition coefficient (Wildman–Crippen LogP) is 3.77. The molecule has 8 heteroatoms. The molecule has 0 bridgehead atoms. The number of halogens is 4. The van der Waals surface area contributed by atoms with Gasteiger partial charge < -0.3 is 16.0 Å². The Morgan fingerprint density at radius 3 is 2.08 bits per heavy atom. The number of guanidine groups is 1. The molecule has 0 aromatic heterocycles. The smallest absolute Gasteiger partial charge is 0.357 e. The fourth-order valence-electron chi connectivity index (χ4n) is 1.93. The standard InChI is InChI=1S/C17H27F3N4.HI/c1-5-21-15(22-10-11-24-16(2,3)4)23-12-13-6-8-14(9-7-13)17(18,19)20;/h6-9,24H,5,10-12H2,1-4H3,(H2,21,22,23);1H. The maximum Gasteiger partial charge on any atom is 0.416 e. The Morgan fingerprint density at radius 1 is 1.00 bits per heavy atom. The van der Waals surface area contributed by atoms with E-state index in [-0.39, 0.29) is 29.5 Å². The minimum atomic E-state index is -4.31. The van der Waals surface area contributed by atoms with E-state index in [4.69, 9.17) is 0 Å². The van der Waals surface area contributed by atoms with Gasteiger partial charge in [-0.15, -0.1) is 24.0 Å². The second-order valence-electron chi connectivity index (χ2n) is 6.49. The Bertz CT molecular complexity index is 522. The normalized spacial score (nSPS) is 12.5. The van der Waals surface area contributed by atoms with Crippen LogP contribution >= 0.6 is 24.0 Å². The van der Waals surface area contributed by atoms with E-state index in [1.54, 1.807) is 0 Å². The maximum atomic E-state index is 12.5. The van der Waals surface area contributed by atoms with E-state index in [0.29, 0.717) is 25.6 Å². The summed E-state index contributed by atoms with van der Waals surface area (Å²) in [5.74, 6) is 0.646. The number of hydrogen-bond donors (Lipinski definition) is 3. The first kappa shape index (κ1) is 24.0. The highest BCUT2D eigenvalue weighted by molar-refractivity contribution is 14.0. The molecule has 0 aliphatic carbocycles. The zero-order valence-electron chi connectivity index (χ0n) is 15.1. The number of nitrogens with one attached hydrogen (secondary N) is 3. The van der Waals surface area contributed by atoms with Gasteiger partial charge in [-0.1, -0.05) is 12.1 Å². The van der Waals surface area contributed by atoms with Crippen LogP contribution in [0.25, 0.3) is 0 Å². The Balaban J connectivity index is 0.00000576. The number of hydrogen-bond acceptors (Lipinski definition) is 2. The monoisotopic (exact) mass is 472 g/mol. The van der Waals surface area contributed by atoms with E-state index in [9.17, 15) is 13.2 Å². The summed E-state index contributed by atoms with van der Waals surface area (Å²) in [7, 11) is 0. The van der Waals surface area contributed by atoms with Crippen LogP contribution in [0, 0.1) is 0 Å². The summed E-state index contributed by atoms with van der Waals surface area (Å²) in [6.07, 6.45) is -4.31. The molecule has 1 rings (SSSR count). The number of alkyl halides is 3. The van der Waals surface area contributed by atoms with Gasteiger partial charge in [0.05, 0.1) is 12.1 Å². The molecule has 3 N–H and O–H groups in total. The molecule has 0 aliphatic rings. The van der Waals surface area contributed by atoms with Gasteiger partial charge in [0.1, 0.15) is 0 Å². The van der Waals surface area contributed by atoms with Gasteiger partial charge in [0.25, 0.3) is 0 Å². The summed E-state index contributed by atoms with van der Waals surface area (Å²) >= 11 is 0. The third kappa shape index (κ3) is 10.5. The van der Waals surface area contributed by atoms with Crippen LogP contribution in [0.5, 0.6) is 0 Å². The summed E-state index contributed by atoms with van der Waals surface area (Å²) in [4.78, 5) is 4.39. The summed E-state index contributed by atoms with van der Waals surface area (Å²) in [6.45, 7) is 10.8. The van der Waals surface area contributed by atoms with Crippen molar-refractivity contribution in [1.29, 1.82) is 0 Å². The Kier molecular flexibility index (Phi) is 10.4. The minimum Gasteiger partial charge on any atom is -0.357 e. The molecular formula is C17H28F3IN4. The molecule has 0 saturated heterocycles. The van der Waals surface area contributed by atoms with Crippen LogP contribution in [0.3, 0.4) is 0 Å². The average molecular weight is 472 g/mol. The van der Waals surface area contributed by atoms with Crippen LogP contribution in [0.2, 0.25) is 0 Å². The van der Waals surface area contributed by atoms with Crippen LogP contribution in [0.15, 0.2) is 29.3 Å². The lowest BCUT2D eigenvalue weighted by Crippen LogP contribution is -2.44. The van der Waals surface area contributed by atoms with Gasteiger partial charge in [-0.2, -0.15) is 13.2 Å². The molecule has 0 heterocycles. The Labute approximate surface area is 165 Å². The molecule has 4 nitrogen and oxygen atoms in total. The third-order valence-electron chi connectivity index (χ3n) is 3.12. The van der Waals surface area contributed by atoms with Crippen LogP contribution in [-0.4, -0.2) is 31.1 Å². The number of aliphatic imine (C=N–C) groups is 1. The van der Waals surface area contributed by atoms with E-state index >= 15 is 0 Å². The number of benzene rings is 1. The third-order valence-corrected chi connectivity index (χ3v) is 3.12. The van der Waals surface area contributed by atoms with Crippen molar-refractivity contribution >= 4 is 29.9 Å². The molecule has 25 heavy (non-hydrogen) atoms. The van der Waals surface area contributed by atoms with Crippen LogP contribution < -0.4 is 16.0 Å².